The first-order valence-electron chi connectivity index (χ1n) is 6.96. The van der Waals surface area contributed by atoms with Crippen LogP contribution in [-0.4, -0.2) is 11.9 Å². The number of halogens is 1. The van der Waals surface area contributed by atoms with Crippen LogP contribution in [0.15, 0.2) is 18.2 Å². The van der Waals surface area contributed by atoms with Crippen molar-refractivity contribution < 1.29 is 9.18 Å². The topological polar surface area (TPSA) is 55.1 Å². The van der Waals surface area contributed by atoms with E-state index in [1.807, 2.05) is 0 Å². The SMILES string of the molecule is CCC1CCCC(NC(=O)c2ccc(F)c(N)c2)C1. The van der Waals surface area contributed by atoms with Gasteiger partial charge in [0.15, 0.2) is 0 Å². The standard InChI is InChI=1S/C15H21FN2O/c1-2-10-4-3-5-12(8-10)18-15(19)11-6-7-13(16)14(17)9-11/h6-7,9-10,12H,2-5,8,17H2,1H3,(H,18,19). The van der Waals surface area contributed by atoms with E-state index in [0.717, 1.165) is 25.7 Å². The summed E-state index contributed by atoms with van der Waals surface area (Å²) in [5.74, 6) is 0.0612. The van der Waals surface area contributed by atoms with Crippen LogP contribution in [0, 0.1) is 11.7 Å². The summed E-state index contributed by atoms with van der Waals surface area (Å²) in [7, 11) is 0. The number of nitrogen functional groups attached to an aromatic ring is 1. The van der Waals surface area contributed by atoms with Crippen molar-refractivity contribution in [3.05, 3.63) is 29.6 Å². The van der Waals surface area contributed by atoms with Gasteiger partial charge in [0, 0.05) is 11.6 Å². The van der Waals surface area contributed by atoms with Gasteiger partial charge in [-0.1, -0.05) is 26.2 Å². The highest BCUT2D eigenvalue weighted by Crippen LogP contribution is 2.26. The molecule has 3 N–H and O–H groups in total. The second kappa shape index (κ2) is 6.04. The molecule has 2 unspecified atom stereocenters. The van der Waals surface area contributed by atoms with E-state index in [0.29, 0.717) is 11.5 Å². The van der Waals surface area contributed by atoms with Crippen LogP contribution in [0.1, 0.15) is 49.4 Å². The smallest absolute Gasteiger partial charge is 0.251 e. The van der Waals surface area contributed by atoms with Crippen LogP contribution >= 0.6 is 0 Å². The van der Waals surface area contributed by atoms with Crippen molar-refractivity contribution in [1.29, 1.82) is 0 Å². The Labute approximate surface area is 113 Å². The van der Waals surface area contributed by atoms with Crippen LogP contribution in [0.4, 0.5) is 10.1 Å². The minimum atomic E-state index is -0.486. The summed E-state index contributed by atoms with van der Waals surface area (Å²) >= 11 is 0. The number of nitrogens with one attached hydrogen (secondary N) is 1. The second-order valence-corrected chi connectivity index (χ2v) is 5.35. The number of carbonyl (C=O) groups is 1. The van der Waals surface area contributed by atoms with Gasteiger partial charge in [0.2, 0.25) is 0 Å². The monoisotopic (exact) mass is 264 g/mol. The summed E-state index contributed by atoms with van der Waals surface area (Å²) in [5, 5.41) is 3.03. The van der Waals surface area contributed by atoms with Crippen molar-refractivity contribution in [2.24, 2.45) is 5.92 Å². The average molecular weight is 264 g/mol. The molecule has 1 saturated carbocycles. The molecule has 0 saturated heterocycles. The zero-order chi connectivity index (χ0) is 13.8. The number of hydrogen-bond acceptors (Lipinski definition) is 2. The molecule has 1 aliphatic rings. The second-order valence-electron chi connectivity index (χ2n) is 5.35. The molecule has 3 nitrogen and oxygen atoms in total. The van der Waals surface area contributed by atoms with E-state index in [9.17, 15) is 9.18 Å². The molecule has 2 rings (SSSR count). The van der Waals surface area contributed by atoms with Crippen LogP contribution in [0.25, 0.3) is 0 Å². The summed E-state index contributed by atoms with van der Waals surface area (Å²) in [5.41, 5.74) is 5.92. The van der Waals surface area contributed by atoms with Crippen molar-refractivity contribution in [2.75, 3.05) is 5.73 Å². The Bertz CT molecular complexity index is 461. The molecule has 1 aromatic carbocycles. The maximum Gasteiger partial charge on any atom is 0.251 e. The Kier molecular flexibility index (Phi) is 4.40. The fraction of sp³-hybridized carbons (Fsp3) is 0.533. The number of amides is 1. The van der Waals surface area contributed by atoms with Gasteiger partial charge in [-0.3, -0.25) is 4.79 Å². The number of carbonyl (C=O) groups excluding carboxylic acids is 1. The Morgan fingerprint density at radius 3 is 2.95 bits per heavy atom. The van der Waals surface area contributed by atoms with Gasteiger partial charge in [-0.15, -0.1) is 0 Å². The van der Waals surface area contributed by atoms with E-state index in [4.69, 9.17) is 5.73 Å². The third-order valence-electron chi connectivity index (χ3n) is 3.95. The third kappa shape index (κ3) is 3.46. The highest BCUT2D eigenvalue weighted by Gasteiger charge is 2.22. The van der Waals surface area contributed by atoms with E-state index < -0.39 is 5.82 Å². The lowest BCUT2D eigenvalue weighted by Crippen LogP contribution is -2.38. The third-order valence-corrected chi connectivity index (χ3v) is 3.95. The lowest BCUT2D eigenvalue weighted by molar-refractivity contribution is 0.0919. The fourth-order valence-corrected chi connectivity index (χ4v) is 2.75. The van der Waals surface area contributed by atoms with Gasteiger partial charge in [0.25, 0.3) is 5.91 Å². The van der Waals surface area contributed by atoms with Gasteiger partial charge in [-0.05, 0) is 37.0 Å². The molecule has 0 radical (unpaired) electrons. The van der Waals surface area contributed by atoms with Gasteiger partial charge in [-0.25, -0.2) is 4.39 Å². The average Bonchev–Trinajstić information content (AvgIpc) is 2.42. The van der Waals surface area contributed by atoms with Crippen LogP contribution in [-0.2, 0) is 0 Å². The molecule has 0 aromatic heterocycles. The summed E-state index contributed by atoms with van der Waals surface area (Å²) in [6.07, 6.45) is 5.65. The molecule has 104 valence electrons. The van der Waals surface area contributed by atoms with Crippen molar-refractivity contribution in [3.8, 4) is 0 Å². The Hall–Kier alpha value is -1.58. The molecule has 0 bridgehead atoms. The Morgan fingerprint density at radius 1 is 1.47 bits per heavy atom. The number of hydrogen-bond donors (Lipinski definition) is 2. The maximum absolute atomic E-state index is 13.1. The van der Waals surface area contributed by atoms with Crippen molar-refractivity contribution in [1.82, 2.24) is 5.32 Å². The summed E-state index contributed by atoms with van der Waals surface area (Å²) < 4.78 is 13.1. The predicted molar refractivity (Wildman–Crippen MR) is 74.3 cm³/mol. The van der Waals surface area contributed by atoms with E-state index in [1.165, 1.54) is 24.6 Å². The van der Waals surface area contributed by atoms with Gasteiger partial charge < -0.3 is 11.1 Å². The predicted octanol–water partition coefficient (Wildman–Crippen LogP) is 3.11. The largest absolute Gasteiger partial charge is 0.396 e. The summed E-state index contributed by atoms with van der Waals surface area (Å²) in [4.78, 5) is 12.1. The molecule has 1 fully saturated rings. The van der Waals surface area contributed by atoms with Gasteiger partial charge >= 0.3 is 0 Å². The van der Waals surface area contributed by atoms with Crippen molar-refractivity contribution in [2.45, 2.75) is 45.1 Å². The van der Waals surface area contributed by atoms with E-state index in [1.54, 1.807) is 0 Å². The van der Waals surface area contributed by atoms with Crippen molar-refractivity contribution in [3.63, 3.8) is 0 Å². The van der Waals surface area contributed by atoms with Crippen LogP contribution in [0.5, 0.6) is 0 Å². The molecule has 2 atom stereocenters. The molecule has 0 spiro atoms. The quantitative estimate of drug-likeness (QED) is 0.824. The Morgan fingerprint density at radius 2 is 2.26 bits per heavy atom. The Balaban J connectivity index is 1.98. The lowest BCUT2D eigenvalue weighted by Gasteiger charge is -2.29. The molecular formula is C15H21FN2O. The van der Waals surface area contributed by atoms with Gasteiger partial charge in [0.05, 0.1) is 5.69 Å². The molecule has 0 heterocycles. The molecule has 4 heteroatoms. The molecule has 1 amide bonds. The maximum atomic E-state index is 13.1. The summed E-state index contributed by atoms with van der Waals surface area (Å²) in [6.45, 7) is 2.19. The van der Waals surface area contributed by atoms with E-state index in [2.05, 4.69) is 12.2 Å². The van der Waals surface area contributed by atoms with Crippen molar-refractivity contribution >= 4 is 11.6 Å². The molecule has 1 aromatic rings. The first-order valence-corrected chi connectivity index (χ1v) is 6.96. The minimum Gasteiger partial charge on any atom is -0.396 e. The van der Waals surface area contributed by atoms with Crippen LogP contribution in [0.2, 0.25) is 0 Å². The fourth-order valence-electron chi connectivity index (χ4n) is 2.75. The first-order chi connectivity index (χ1) is 9.10. The molecule has 19 heavy (non-hydrogen) atoms. The number of rotatable bonds is 3. The van der Waals surface area contributed by atoms with E-state index in [-0.39, 0.29) is 17.6 Å². The molecular weight excluding hydrogens is 243 g/mol. The zero-order valence-electron chi connectivity index (χ0n) is 11.3. The number of benzene rings is 1. The lowest BCUT2D eigenvalue weighted by atomic mass is 9.84. The van der Waals surface area contributed by atoms with Crippen LogP contribution in [0.3, 0.4) is 0 Å². The van der Waals surface area contributed by atoms with Crippen LogP contribution < -0.4 is 11.1 Å². The highest BCUT2D eigenvalue weighted by atomic mass is 19.1. The summed E-state index contributed by atoms with van der Waals surface area (Å²) in [6, 6.07) is 4.34. The first kappa shape index (κ1) is 13.8. The van der Waals surface area contributed by atoms with Gasteiger partial charge in [-0.2, -0.15) is 0 Å². The normalized spacial score (nSPS) is 23.1. The van der Waals surface area contributed by atoms with E-state index >= 15 is 0 Å². The zero-order valence-corrected chi connectivity index (χ0v) is 11.3. The molecule has 1 aliphatic carbocycles. The minimum absolute atomic E-state index is 0.0164. The highest BCUT2D eigenvalue weighted by molar-refractivity contribution is 5.95. The van der Waals surface area contributed by atoms with Gasteiger partial charge in [0.1, 0.15) is 5.82 Å². The molecule has 0 aliphatic heterocycles. The number of nitrogens with two attached hydrogens (primary N) is 1. The number of anilines is 1.